The fraction of sp³-hybridized carbons (Fsp3) is 0.933. The summed E-state index contributed by atoms with van der Waals surface area (Å²) >= 11 is 0. The summed E-state index contributed by atoms with van der Waals surface area (Å²) in [6.07, 6.45) is 4.71. The molecule has 3 rings (SSSR count). The number of hydrogen-bond donors (Lipinski definition) is 1. The molecule has 0 saturated carbocycles. The molecule has 0 aromatic rings. The van der Waals surface area contributed by atoms with E-state index in [1.165, 1.54) is 25.8 Å². The number of nitrogens with one attached hydrogen (secondary N) is 1. The zero-order valence-electron chi connectivity index (χ0n) is 13.2. The standard InChI is InChI=1S/C15H27N3O2.2ClH/c19-15(17-8-10-20-11-9-17)13-2-1-7-18(12-13)14-3-5-16-6-4-14;;/h13-14,16H,1-12H2;2*1H. The SMILES string of the molecule is Cl.Cl.O=C(C1CCCN(C2CCNCC2)C1)N1CCOCC1. The molecule has 0 spiro atoms. The Labute approximate surface area is 145 Å². The number of likely N-dealkylation sites (tertiary alicyclic amines) is 1. The molecular weight excluding hydrogens is 325 g/mol. The van der Waals surface area contributed by atoms with Crippen LogP contribution < -0.4 is 5.32 Å². The van der Waals surface area contributed by atoms with Crippen LogP contribution in [0.4, 0.5) is 0 Å². The Balaban J connectivity index is 0.00000121. The zero-order valence-corrected chi connectivity index (χ0v) is 14.8. The number of hydrogen-bond acceptors (Lipinski definition) is 4. The molecule has 0 radical (unpaired) electrons. The van der Waals surface area contributed by atoms with Crippen LogP contribution in [-0.4, -0.2) is 74.2 Å². The molecule has 3 aliphatic rings. The number of piperidine rings is 2. The molecule has 22 heavy (non-hydrogen) atoms. The number of amides is 1. The monoisotopic (exact) mass is 353 g/mol. The van der Waals surface area contributed by atoms with Gasteiger partial charge in [0.25, 0.3) is 0 Å². The van der Waals surface area contributed by atoms with Gasteiger partial charge in [-0.15, -0.1) is 24.8 Å². The molecule has 1 N–H and O–H groups in total. The number of carbonyl (C=O) groups excluding carboxylic acids is 1. The normalized spacial score (nSPS) is 27.6. The van der Waals surface area contributed by atoms with Gasteiger partial charge in [-0.1, -0.05) is 0 Å². The van der Waals surface area contributed by atoms with Crippen molar-refractivity contribution in [2.45, 2.75) is 31.7 Å². The Morgan fingerprint density at radius 2 is 1.68 bits per heavy atom. The second-order valence-electron chi connectivity index (χ2n) is 6.25. The van der Waals surface area contributed by atoms with Crippen molar-refractivity contribution in [1.29, 1.82) is 0 Å². The maximum atomic E-state index is 12.6. The van der Waals surface area contributed by atoms with Crippen molar-refractivity contribution >= 4 is 30.7 Å². The third-order valence-electron chi connectivity index (χ3n) is 4.95. The highest BCUT2D eigenvalue weighted by Gasteiger charge is 2.32. The van der Waals surface area contributed by atoms with Crippen LogP contribution in [0, 0.1) is 5.92 Å². The number of ether oxygens (including phenoxy) is 1. The van der Waals surface area contributed by atoms with Crippen molar-refractivity contribution in [3.63, 3.8) is 0 Å². The molecule has 0 aromatic heterocycles. The first-order chi connectivity index (χ1) is 9.84. The summed E-state index contributed by atoms with van der Waals surface area (Å²) in [5.41, 5.74) is 0. The highest BCUT2D eigenvalue weighted by molar-refractivity contribution is 5.85. The fourth-order valence-corrected chi connectivity index (χ4v) is 3.75. The summed E-state index contributed by atoms with van der Waals surface area (Å²) in [6, 6.07) is 0.691. The van der Waals surface area contributed by atoms with E-state index in [4.69, 9.17) is 4.74 Å². The van der Waals surface area contributed by atoms with E-state index in [0.717, 1.165) is 39.1 Å². The van der Waals surface area contributed by atoms with Gasteiger partial charge in [0.05, 0.1) is 19.1 Å². The van der Waals surface area contributed by atoms with Crippen molar-refractivity contribution in [2.24, 2.45) is 5.92 Å². The molecule has 0 aliphatic carbocycles. The minimum Gasteiger partial charge on any atom is -0.378 e. The summed E-state index contributed by atoms with van der Waals surface area (Å²) in [5.74, 6) is 0.587. The van der Waals surface area contributed by atoms with Gasteiger partial charge in [-0.25, -0.2) is 0 Å². The second-order valence-corrected chi connectivity index (χ2v) is 6.25. The van der Waals surface area contributed by atoms with Crippen molar-refractivity contribution in [1.82, 2.24) is 15.1 Å². The van der Waals surface area contributed by atoms with Crippen molar-refractivity contribution in [3.8, 4) is 0 Å². The Morgan fingerprint density at radius 3 is 2.36 bits per heavy atom. The average molecular weight is 354 g/mol. The molecule has 1 unspecified atom stereocenters. The number of morpholine rings is 1. The lowest BCUT2D eigenvalue weighted by molar-refractivity contribution is -0.141. The Kier molecular flexibility index (Phi) is 9.02. The number of halogens is 2. The molecule has 3 heterocycles. The van der Waals surface area contributed by atoms with Crippen LogP contribution in [-0.2, 0) is 9.53 Å². The van der Waals surface area contributed by atoms with Crippen LogP contribution >= 0.6 is 24.8 Å². The highest BCUT2D eigenvalue weighted by atomic mass is 35.5. The number of nitrogens with zero attached hydrogens (tertiary/aromatic N) is 2. The Morgan fingerprint density at radius 1 is 1.00 bits per heavy atom. The van der Waals surface area contributed by atoms with E-state index >= 15 is 0 Å². The maximum absolute atomic E-state index is 12.6. The minimum absolute atomic E-state index is 0. The van der Waals surface area contributed by atoms with Crippen LogP contribution in [0.3, 0.4) is 0 Å². The summed E-state index contributed by atoms with van der Waals surface area (Å²) < 4.78 is 5.34. The molecule has 7 heteroatoms. The summed E-state index contributed by atoms with van der Waals surface area (Å²) in [7, 11) is 0. The van der Waals surface area contributed by atoms with Gasteiger partial charge < -0.3 is 15.0 Å². The average Bonchev–Trinajstić information content (AvgIpc) is 2.56. The minimum atomic E-state index is 0. The second kappa shape index (κ2) is 9.93. The molecule has 0 bridgehead atoms. The van der Waals surface area contributed by atoms with Crippen LogP contribution in [0.5, 0.6) is 0 Å². The maximum Gasteiger partial charge on any atom is 0.227 e. The van der Waals surface area contributed by atoms with Crippen molar-refractivity contribution in [2.75, 3.05) is 52.5 Å². The van der Waals surface area contributed by atoms with Crippen molar-refractivity contribution in [3.05, 3.63) is 0 Å². The van der Waals surface area contributed by atoms with Gasteiger partial charge in [0, 0.05) is 25.7 Å². The van der Waals surface area contributed by atoms with E-state index in [1.807, 2.05) is 4.90 Å². The fourth-order valence-electron chi connectivity index (χ4n) is 3.75. The summed E-state index contributed by atoms with van der Waals surface area (Å²) in [6.45, 7) is 7.38. The third kappa shape index (κ3) is 4.96. The molecular formula is C15H29Cl2N3O2. The van der Waals surface area contributed by atoms with Crippen LogP contribution in [0.25, 0.3) is 0 Å². The quantitative estimate of drug-likeness (QED) is 0.808. The molecule has 5 nitrogen and oxygen atoms in total. The van der Waals surface area contributed by atoms with Gasteiger partial charge in [-0.05, 0) is 45.3 Å². The first-order valence-corrected chi connectivity index (χ1v) is 8.16. The lowest BCUT2D eigenvalue weighted by Gasteiger charge is -2.41. The van der Waals surface area contributed by atoms with Crippen LogP contribution in [0.2, 0.25) is 0 Å². The third-order valence-corrected chi connectivity index (χ3v) is 4.95. The first-order valence-electron chi connectivity index (χ1n) is 8.16. The smallest absolute Gasteiger partial charge is 0.227 e. The molecule has 3 fully saturated rings. The molecule has 1 amide bonds. The van der Waals surface area contributed by atoms with Crippen LogP contribution in [0.1, 0.15) is 25.7 Å². The zero-order chi connectivity index (χ0) is 13.8. The number of rotatable bonds is 2. The summed E-state index contributed by atoms with van der Waals surface area (Å²) in [5, 5.41) is 3.42. The highest BCUT2D eigenvalue weighted by Crippen LogP contribution is 2.24. The van der Waals surface area contributed by atoms with Gasteiger partial charge in [0.15, 0.2) is 0 Å². The van der Waals surface area contributed by atoms with Crippen molar-refractivity contribution < 1.29 is 9.53 Å². The Bertz CT molecular complexity index is 335. The molecule has 0 aromatic carbocycles. The van der Waals surface area contributed by atoms with Crippen LogP contribution in [0.15, 0.2) is 0 Å². The Hall–Kier alpha value is -0.0700. The predicted octanol–water partition coefficient (Wildman–Crippen LogP) is 1.15. The van der Waals surface area contributed by atoms with Gasteiger partial charge in [0.2, 0.25) is 5.91 Å². The van der Waals surface area contributed by atoms with E-state index in [9.17, 15) is 4.79 Å². The van der Waals surface area contributed by atoms with Gasteiger partial charge >= 0.3 is 0 Å². The van der Waals surface area contributed by atoms with E-state index in [-0.39, 0.29) is 30.7 Å². The summed E-state index contributed by atoms with van der Waals surface area (Å²) in [4.78, 5) is 17.2. The van der Waals surface area contributed by atoms with E-state index in [1.54, 1.807) is 0 Å². The van der Waals surface area contributed by atoms with E-state index in [2.05, 4.69) is 10.2 Å². The molecule has 3 saturated heterocycles. The molecule has 1 atom stereocenters. The molecule has 3 aliphatic heterocycles. The largest absolute Gasteiger partial charge is 0.378 e. The number of carbonyl (C=O) groups is 1. The van der Waals surface area contributed by atoms with Gasteiger partial charge in [0.1, 0.15) is 0 Å². The lowest BCUT2D eigenvalue weighted by Crippen LogP contribution is -2.52. The lowest BCUT2D eigenvalue weighted by atomic mass is 9.93. The molecule has 130 valence electrons. The van der Waals surface area contributed by atoms with E-state index in [0.29, 0.717) is 25.2 Å². The topological polar surface area (TPSA) is 44.8 Å². The predicted molar refractivity (Wildman–Crippen MR) is 92.1 cm³/mol. The van der Waals surface area contributed by atoms with Gasteiger partial charge in [-0.3, -0.25) is 9.69 Å². The van der Waals surface area contributed by atoms with Gasteiger partial charge in [-0.2, -0.15) is 0 Å². The first kappa shape index (κ1) is 20.0. The van der Waals surface area contributed by atoms with E-state index < -0.39 is 0 Å².